The zero-order valence-corrected chi connectivity index (χ0v) is 13.6. The van der Waals surface area contributed by atoms with Crippen molar-refractivity contribution in [2.24, 2.45) is 0 Å². The Morgan fingerprint density at radius 3 is 2.83 bits per heavy atom. The predicted octanol–water partition coefficient (Wildman–Crippen LogP) is 1.76. The number of nitrogens with two attached hydrogens (primary N) is 1. The number of fused-ring (bicyclic) bond motifs is 1. The van der Waals surface area contributed by atoms with Crippen LogP contribution >= 0.6 is 0 Å². The Bertz CT molecular complexity index is 753. The van der Waals surface area contributed by atoms with Crippen molar-refractivity contribution in [3.63, 3.8) is 0 Å². The van der Waals surface area contributed by atoms with Gasteiger partial charge in [-0.1, -0.05) is 6.07 Å². The van der Waals surface area contributed by atoms with Gasteiger partial charge in [-0.2, -0.15) is 0 Å². The maximum atomic E-state index is 12.6. The van der Waals surface area contributed by atoms with Gasteiger partial charge in [0.25, 0.3) is 5.91 Å². The van der Waals surface area contributed by atoms with Gasteiger partial charge in [0.05, 0.1) is 10.9 Å². The number of amides is 1. The van der Waals surface area contributed by atoms with Crippen molar-refractivity contribution < 1.29 is 9.53 Å². The van der Waals surface area contributed by atoms with E-state index in [9.17, 15) is 9.59 Å². The number of carbonyl (C=O) groups is 1. The molecule has 6 heteroatoms. The average molecular weight is 317 g/mol. The van der Waals surface area contributed by atoms with Gasteiger partial charge in [-0.15, -0.1) is 0 Å². The number of pyridine rings is 1. The average Bonchev–Trinajstić information content (AvgIpc) is 2.53. The normalized spacial score (nSPS) is 10.9. The van der Waals surface area contributed by atoms with Crippen LogP contribution in [0.15, 0.2) is 29.2 Å². The molecule has 0 unspecified atom stereocenters. The van der Waals surface area contributed by atoms with Crippen molar-refractivity contribution in [2.45, 2.75) is 26.8 Å². The predicted molar refractivity (Wildman–Crippen MR) is 91.7 cm³/mol. The molecule has 0 saturated heterocycles. The topological polar surface area (TPSA) is 86.3 Å². The number of hydrogen-bond acceptors (Lipinski definition) is 4. The van der Waals surface area contributed by atoms with Crippen molar-refractivity contribution in [2.75, 3.05) is 25.5 Å². The van der Waals surface area contributed by atoms with Crippen molar-refractivity contribution >= 4 is 22.5 Å². The van der Waals surface area contributed by atoms with Crippen LogP contribution in [0.1, 0.15) is 30.6 Å². The lowest BCUT2D eigenvalue weighted by atomic mass is 10.1. The van der Waals surface area contributed by atoms with E-state index in [-0.39, 0.29) is 16.9 Å². The van der Waals surface area contributed by atoms with E-state index in [1.54, 1.807) is 12.3 Å². The smallest absolute Gasteiger partial charge is 0.256 e. The molecule has 6 nitrogen and oxygen atoms in total. The molecule has 1 aromatic heterocycles. The Hall–Kier alpha value is -2.34. The molecule has 0 saturated carbocycles. The molecule has 0 aliphatic rings. The number of ether oxygens (including phenoxy) is 1. The van der Waals surface area contributed by atoms with Gasteiger partial charge in [0.1, 0.15) is 5.56 Å². The lowest BCUT2D eigenvalue weighted by Gasteiger charge is -2.14. The Balaban J connectivity index is 2.51. The van der Waals surface area contributed by atoms with Crippen LogP contribution in [-0.2, 0) is 11.3 Å². The monoisotopic (exact) mass is 317 g/mol. The molecule has 124 valence electrons. The fourth-order valence-corrected chi connectivity index (χ4v) is 2.55. The molecule has 2 aromatic rings. The van der Waals surface area contributed by atoms with Gasteiger partial charge >= 0.3 is 0 Å². The maximum absolute atomic E-state index is 12.6. The molecule has 0 atom stereocenters. The third-order valence-corrected chi connectivity index (χ3v) is 3.61. The SMILES string of the molecule is CCNC(=O)c1cn(CCCOCC)c2cccc(N)c2c1=O. The van der Waals surface area contributed by atoms with E-state index >= 15 is 0 Å². The van der Waals surface area contributed by atoms with Crippen LogP contribution in [-0.4, -0.2) is 30.2 Å². The Morgan fingerprint density at radius 1 is 1.35 bits per heavy atom. The molecule has 1 heterocycles. The van der Waals surface area contributed by atoms with Gasteiger partial charge < -0.3 is 20.4 Å². The number of carbonyl (C=O) groups excluding carboxylic acids is 1. The molecule has 1 amide bonds. The van der Waals surface area contributed by atoms with Crippen LogP contribution in [0.4, 0.5) is 5.69 Å². The minimum atomic E-state index is -0.374. The van der Waals surface area contributed by atoms with Crippen LogP contribution in [0.2, 0.25) is 0 Å². The summed E-state index contributed by atoms with van der Waals surface area (Å²) in [5.41, 5.74) is 6.89. The number of rotatable bonds is 7. The zero-order valence-electron chi connectivity index (χ0n) is 13.6. The van der Waals surface area contributed by atoms with Gasteiger partial charge in [0.15, 0.2) is 0 Å². The van der Waals surface area contributed by atoms with E-state index in [0.29, 0.717) is 37.4 Å². The molecule has 0 radical (unpaired) electrons. The molecule has 0 fully saturated rings. The first-order chi connectivity index (χ1) is 11.1. The van der Waals surface area contributed by atoms with Crippen LogP contribution in [0, 0.1) is 0 Å². The van der Waals surface area contributed by atoms with Crippen LogP contribution in [0.5, 0.6) is 0 Å². The Kier molecular flexibility index (Phi) is 5.76. The highest BCUT2D eigenvalue weighted by Crippen LogP contribution is 2.18. The molecule has 0 aliphatic carbocycles. The van der Waals surface area contributed by atoms with Gasteiger partial charge in [0.2, 0.25) is 5.43 Å². The second-order valence-corrected chi connectivity index (χ2v) is 5.22. The lowest BCUT2D eigenvalue weighted by Crippen LogP contribution is -2.30. The summed E-state index contributed by atoms with van der Waals surface area (Å²) >= 11 is 0. The summed E-state index contributed by atoms with van der Waals surface area (Å²) in [5.74, 6) is -0.374. The first-order valence-corrected chi connectivity index (χ1v) is 7.87. The highest BCUT2D eigenvalue weighted by Gasteiger charge is 2.16. The summed E-state index contributed by atoms with van der Waals surface area (Å²) in [6, 6.07) is 5.33. The summed E-state index contributed by atoms with van der Waals surface area (Å²) in [6.07, 6.45) is 2.40. The van der Waals surface area contributed by atoms with E-state index in [1.165, 1.54) is 0 Å². The number of nitrogens with one attached hydrogen (secondary N) is 1. The minimum Gasteiger partial charge on any atom is -0.398 e. The number of benzene rings is 1. The van der Waals surface area contributed by atoms with Crippen LogP contribution in [0.3, 0.4) is 0 Å². The molecule has 0 aliphatic heterocycles. The molecular formula is C17H23N3O3. The number of hydrogen-bond donors (Lipinski definition) is 2. The number of nitrogens with zero attached hydrogens (tertiary/aromatic N) is 1. The molecule has 3 N–H and O–H groups in total. The fourth-order valence-electron chi connectivity index (χ4n) is 2.55. The molecule has 1 aromatic carbocycles. The number of aromatic nitrogens is 1. The fraction of sp³-hybridized carbons (Fsp3) is 0.412. The van der Waals surface area contributed by atoms with Gasteiger partial charge in [-0.3, -0.25) is 9.59 Å². The van der Waals surface area contributed by atoms with Gasteiger partial charge in [0, 0.05) is 38.2 Å². The van der Waals surface area contributed by atoms with Gasteiger partial charge in [-0.25, -0.2) is 0 Å². The van der Waals surface area contributed by atoms with Crippen molar-refractivity contribution in [3.05, 3.63) is 40.2 Å². The summed E-state index contributed by atoms with van der Waals surface area (Å²) in [4.78, 5) is 24.8. The van der Waals surface area contributed by atoms with Crippen molar-refractivity contribution in [3.8, 4) is 0 Å². The summed E-state index contributed by atoms with van der Waals surface area (Å²) in [6.45, 7) is 6.17. The molecule has 2 rings (SSSR count). The highest BCUT2D eigenvalue weighted by molar-refractivity contribution is 6.00. The van der Waals surface area contributed by atoms with E-state index in [1.807, 2.05) is 30.5 Å². The molecule has 23 heavy (non-hydrogen) atoms. The van der Waals surface area contributed by atoms with Crippen molar-refractivity contribution in [1.82, 2.24) is 9.88 Å². The summed E-state index contributed by atoms with van der Waals surface area (Å²) < 4.78 is 7.25. The largest absolute Gasteiger partial charge is 0.398 e. The van der Waals surface area contributed by atoms with Gasteiger partial charge in [-0.05, 0) is 32.4 Å². The Morgan fingerprint density at radius 2 is 2.13 bits per heavy atom. The Labute approximate surface area is 135 Å². The minimum absolute atomic E-state index is 0.119. The van der Waals surface area contributed by atoms with E-state index in [4.69, 9.17) is 10.5 Å². The second-order valence-electron chi connectivity index (χ2n) is 5.22. The standard InChI is InChI=1S/C17H23N3O3/c1-3-19-17(22)12-11-20(9-6-10-23-4-2)14-8-5-7-13(18)15(14)16(12)21/h5,7-8,11H,3-4,6,9-10,18H2,1-2H3,(H,19,22). The molecular weight excluding hydrogens is 294 g/mol. The lowest BCUT2D eigenvalue weighted by molar-refractivity contribution is 0.0954. The molecule has 0 spiro atoms. The number of anilines is 1. The third-order valence-electron chi connectivity index (χ3n) is 3.61. The summed E-state index contributed by atoms with van der Waals surface area (Å²) in [5, 5.41) is 3.07. The number of nitrogen functional groups attached to an aromatic ring is 1. The van der Waals surface area contributed by atoms with Crippen molar-refractivity contribution in [1.29, 1.82) is 0 Å². The van der Waals surface area contributed by atoms with Crippen LogP contribution in [0.25, 0.3) is 10.9 Å². The molecule has 0 bridgehead atoms. The number of aryl methyl sites for hydroxylation is 1. The van der Waals surface area contributed by atoms with E-state index < -0.39 is 0 Å². The van der Waals surface area contributed by atoms with E-state index in [0.717, 1.165) is 11.9 Å². The second kappa shape index (κ2) is 7.78. The van der Waals surface area contributed by atoms with Crippen LogP contribution < -0.4 is 16.5 Å². The summed E-state index contributed by atoms with van der Waals surface area (Å²) in [7, 11) is 0. The maximum Gasteiger partial charge on any atom is 0.256 e. The quantitative estimate of drug-likeness (QED) is 0.602. The van der Waals surface area contributed by atoms with E-state index in [2.05, 4.69) is 5.32 Å². The first-order valence-electron chi connectivity index (χ1n) is 7.87. The first kappa shape index (κ1) is 17.0. The highest BCUT2D eigenvalue weighted by atomic mass is 16.5. The third kappa shape index (κ3) is 3.71. The zero-order chi connectivity index (χ0) is 16.8.